The number of aryl methyl sites for hydroxylation is 1. The first-order valence-electron chi connectivity index (χ1n) is 46.8. The second kappa shape index (κ2) is 60.0. The number of carbonyl (C=O) groups excluding carboxylic acids is 8. The van der Waals surface area contributed by atoms with Crippen LogP contribution in [0.25, 0.3) is 24.3 Å². The molecule has 8 aliphatic rings. The van der Waals surface area contributed by atoms with Crippen molar-refractivity contribution in [2.75, 3.05) is 41.0 Å². The van der Waals surface area contributed by atoms with Crippen molar-refractivity contribution in [2.24, 2.45) is 0 Å². The lowest BCUT2D eigenvalue weighted by atomic mass is 10.0. The van der Waals surface area contributed by atoms with Crippen LogP contribution in [0.4, 0.5) is 24.0 Å². The molecular formula is C111H131Br5Cl4N8O17. The Hall–Kier alpha value is -9.74. The highest BCUT2D eigenvalue weighted by molar-refractivity contribution is 9.11. The zero-order chi connectivity index (χ0) is 104. The number of likely N-dealkylation sites (tertiary alicyclic amines) is 2. The maximum atomic E-state index is 12.7. The van der Waals surface area contributed by atoms with Gasteiger partial charge in [-0.1, -0.05) is 312 Å². The first-order valence-corrected chi connectivity index (χ1v) is 52.2. The number of ether oxygens (including phenoxy) is 8. The van der Waals surface area contributed by atoms with E-state index >= 15 is 0 Å². The SMILES string of the molecule is BrCc1cccc(Br)c1CBr.Brc1cccc2c1CN(Cc1ccccc1)C2.C=Cc1cccc2c1CN(C(=O)O[C@@H]1C[C@@H](C(=O)OC)N(C(=O)OC(C)(C)C)C1)C2.C=Cc1cccc2c1CN(C(=O)O[C@H]1CN[C@H](C(=O)OC)C1)C2.C=Cc1cccc2c1CN(Cc1ccccc1)C2.C=Cc1cccc2c1CNC2.CC(Cl)OC(=O)Cl.COC(=O)[C@@H]1C[C@@H](O)CN1C(=O)OC(C)(C)C.Cc1cccc(Br)c1C.Cl.Cl. The first-order chi connectivity index (χ1) is 68.2. The number of methoxy groups -OCH3 is 3. The van der Waals surface area contributed by atoms with E-state index in [0.717, 1.165) is 96.4 Å². The summed E-state index contributed by atoms with van der Waals surface area (Å²) < 4.78 is 43.6. The van der Waals surface area contributed by atoms with E-state index in [2.05, 4.69) is 289 Å². The lowest BCUT2D eigenvalue weighted by Crippen LogP contribution is -2.44. The Labute approximate surface area is 917 Å². The van der Waals surface area contributed by atoms with E-state index in [0.29, 0.717) is 39.1 Å². The molecule has 4 amide bonds. The van der Waals surface area contributed by atoms with E-state index < -0.39 is 82.7 Å². The molecule has 34 heteroatoms. The number of hydrogen-bond donors (Lipinski definition) is 3. The molecule has 0 bridgehead atoms. The molecule has 25 nitrogen and oxygen atoms in total. The standard InChI is InChI=1S/C22H28N2O6.C17H20N2O4.C17H17N.C15H14BrN.C11H19NO5.C10H11N.C8H7Br3.C8H9Br.C3H4Cl2O2.2ClH/c1-6-14-8-7-9-15-11-23(13-17(14)15)20(26)29-16-10-18(19(25)28-5)24(12-16)21(27)30-22(2,3)4;1-3-11-5-4-6-12-9-19(10-14(11)12)17(21)23-13-7-15(18-8-13)16(20)22-2;1-2-15-9-6-10-16-12-18(13-17(15)16)11-14-7-4-3-5-8-14;16-15-8-4-7-13-10-17(11-14(13)15)9-12-5-2-1-3-6-12;1-11(2,3)17-10(15)12-6-7(13)5-8(12)9(14)16-4;1-2-8-4-3-5-9-6-11-7-10(8)9;9-4-6-2-1-3-8(11)7(6)5-10;1-6-4-3-5-8(9)7(6)2;1-2(4)7-3(5)6;;/h6-9,16,18H,1,10-13H2,2-5H3;3-6,13,15,18H,1,7-10H2,2H3;2-10H,1,11-13H2;1-8H,9-11H2;7-8,13H,5-6H2,1-4H3;2-5,11H,1,6-7H2;1-3H,4-5H2;3-5H,1-2H3;2H,1H3;2*1H/t16-,18+;13-,15+;;;7-,8+;;;;;;/m11..1....../s1. The number of nitrogens with zero attached hydrogens (tertiary/aromatic N) is 6. The molecular weight excluding hydrogens is 2260 g/mol. The number of rotatable bonds is 16. The maximum Gasteiger partial charge on any atom is 0.411 e. The average Bonchev–Trinajstić information content (AvgIpc) is 1.61. The highest BCUT2D eigenvalue weighted by Crippen LogP contribution is 2.36. The number of aliphatic hydroxyl groups is 1. The highest BCUT2D eigenvalue weighted by atomic mass is 79.9. The fourth-order valence-electron chi connectivity index (χ4n) is 16.9. The van der Waals surface area contributed by atoms with Crippen LogP contribution in [0.3, 0.4) is 0 Å². The van der Waals surface area contributed by atoms with E-state index in [-0.39, 0.29) is 68.9 Å². The maximum absolute atomic E-state index is 12.7. The third-order valence-corrected chi connectivity index (χ3v) is 27.8. The number of β-amino-alcohol motifs (C(OH)–C–C–N with tert-alkyl or cyclic N) is 1. The molecule has 0 aliphatic carbocycles. The Bertz CT molecular complexity index is 5860. The van der Waals surface area contributed by atoms with Crippen molar-refractivity contribution in [3.8, 4) is 0 Å². The van der Waals surface area contributed by atoms with E-state index in [9.17, 15) is 43.5 Å². The van der Waals surface area contributed by atoms with Gasteiger partial charge in [-0.3, -0.25) is 34.2 Å². The predicted molar refractivity (Wildman–Crippen MR) is 595 cm³/mol. The van der Waals surface area contributed by atoms with Crippen LogP contribution in [0.5, 0.6) is 0 Å². The molecule has 0 radical (unpaired) electrons. The summed E-state index contributed by atoms with van der Waals surface area (Å²) in [6.07, 6.45) is 4.51. The molecule has 0 aromatic heterocycles. The van der Waals surface area contributed by atoms with Gasteiger partial charge in [0.15, 0.2) is 5.56 Å². The van der Waals surface area contributed by atoms with Crippen molar-refractivity contribution in [1.29, 1.82) is 0 Å². The van der Waals surface area contributed by atoms with Gasteiger partial charge in [0.1, 0.15) is 41.5 Å². The quantitative estimate of drug-likeness (QED) is 0.0351. The summed E-state index contributed by atoms with van der Waals surface area (Å²) in [5, 5.41) is 17.6. The largest absolute Gasteiger partial charge is 0.468 e. The summed E-state index contributed by atoms with van der Waals surface area (Å²) in [7, 11) is 3.86. The van der Waals surface area contributed by atoms with E-state index in [4.69, 9.17) is 51.6 Å². The van der Waals surface area contributed by atoms with Gasteiger partial charge in [-0.15, -0.1) is 24.8 Å². The van der Waals surface area contributed by atoms with Crippen LogP contribution in [0, 0.1) is 13.8 Å². The number of halogens is 9. The third kappa shape index (κ3) is 37.2. The van der Waals surface area contributed by atoms with Crippen LogP contribution < -0.4 is 10.6 Å². The number of benzene rings is 9. The smallest absolute Gasteiger partial charge is 0.411 e. The van der Waals surface area contributed by atoms with Gasteiger partial charge in [-0.25, -0.2) is 33.6 Å². The van der Waals surface area contributed by atoms with E-state index in [1.54, 1.807) is 63.5 Å². The van der Waals surface area contributed by atoms with Crippen molar-refractivity contribution >= 4 is 200 Å². The average molecular weight is 2390 g/mol. The monoisotopic (exact) mass is 2380 g/mol. The Morgan fingerprint density at radius 1 is 0.462 bits per heavy atom. The minimum absolute atomic E-state index is 0. The molecule has 7 atom stereocenters. The molecule has 0 spiro atoms. The molecule has 8 heterocycles. The number of esters is 3. The molecule has 9 aromatic rings. The summed E-state index contributed by atoms with van der Waals surface area (Å²) in [5.41, 5.74) is 22.8. The number of amides is 4. The molecule has 3 fully saturated rings. The first kappa shape index (κ1) is 122. The highest BCUT2D eigenvalue weighted by Gasteiger charge is 2.46. The van der Waals surface area contributed by atoms with Crippen molar-refractivity contribution < 1.29 is 81.4 Å². The van der Waals surface area contributed by atoms with Crippen LogP contribution in [-0.2, 0) is 141 Å². The Balaban J connectivity index is 0.000000227. The van der Waals surface area contributed by atoms with Gasteiger partial charge >= 0.3 is 47.7 Å². The third-order valence-electron chi connectivity index (χ3n) is 24.1. The molecule has 0 saturated carbocycles. The number of fused-ring (bicyclic) bond motifs is 5. The number of alkyl halides is 3. The van der Waals surface area contributed by atoms with Crippen molar-refractivity contribution in [1.82, 2.24) is 40.0 Å². The van der Waals surface area contributed by atoms with Crippen LogP contribution in [-0.4, -0.2) is 176 Å². The molecule has 3 saturated heterocycles. The summed E-state index contributed by atoms with van der Waals surface area (Å²) in [6, 6.07) is 62.9. The van der Waals surface area contributed by atoms with Crippen LogP contribution >= 0.6 is 128 Å². The Kier molecular flexibility index (Phi) is 50.6. The van der Waals surface area contributed by atoms with E-state index in [1.807, 2.05) is 60.7 Å². The van der Waals surface area contributed by atoms with Crippen molar-refractivity contribution in [3.05, 3.63) is 339 Å². The van der Waals surface area contributed by atoms with Gasteiger partial charge in [0, 0.05) is 127 Å². The zero-order valence-electron chi connectivity index (χ0n) is 83.8. The van der Waals surface area contributed by atoms with Crippen molar-refractivity contribution in [2.45, 2.75) is 224 Å². The van der Waals surface area contributed by atoms with Crippen LogP contribution in [0.15, 0.2) is 228 Å². The van der Waals surface area contributed by atoms with Gasteiger partial charge < -0.3 is 53.6 Å². The van der Waals surface area contributed by atoms with Crippen LogP contribution in [0.2, 0.25) is 0 Å². The molecule has 1 unspecified atom stereocenters. The fraction of sp³-hybridized carbons (Fsp3) is 0.369. The summed E-state index contributed by atoms with van der Waals surface area (Å²) in [5.74, 6) is -1.43. The summed E-state index contributed by atoms with van der Waals surface area (Å²) in [4.78, 5) is 105. The molecule has 780 valence electrons. The topological polar surface area (TPSA) is 274 Å². The number of hydrogen-bond acceptors (Lipinski definition) is 21. The normalized spacial score (nSPS) is 17.4. The number of carbonyl (C=O) groups is 8. The summed E-state index contributed by atoms with van der Waals surface area (Å²) >= 11 is 27.3. The lowest BCUT2D eigenvalue weighted by Gasteiger charge is -2.27. The Morgan fingerprint density at radius 2 is 0.876 bits per heavy atom. The van der Waals surface area contributed by atoms with Crippen LogP contribution in [0.1, 0.15) is 179 Å². The lowest BCUT2D eigenvalue weighted by molar-refractivity contribution is -0.146. The molecule has 145 heavy (non-hydrogen) atoms. The second-order valence-electron chi connectivity index (χ2n) is 36.6. The van der Waals surface area contributed by atoms with Gasteiger partial charge in [-0.2, -0.15) is 0 Å². The minimum Gasteiger partial charge on any atom is -0.468 e. The molecule has 8 aliphatic heterocycles. The minimum atomic E-state index is -0.873. The molecule has 3 N–H and O–H groups in total. The van der Waals surface area contributed by atoms with E-state index in [1.165, 1.54) is 129 Å². The van der Waals surface area contributed by atoms with Gasteiger partial charge in [0.05, 0.1) is 53.6 Å². The number of aliphatic hydroxyl groups excluding tert-OH is 1. The van der Waals surface area contributed by atoms with Gasteiger partial charge in [0.25, 0.3) is 0 Å². The predicted octanol–water partition coefficient (Wildman–Crippen LogP) is 25.4. The van der Waals surface area contributed by atoms with Crippen molar-refractivity contribution in [3.63, 3.8) is 0 Å². The zero-order valence-corrected chi connectivity index (χ0v) is 94.9. The number of nitrogens with one attached hydrogen (secondary N) is 2. The van der Waals surface area contributed by atoms with Gasteiger partial charge in [0.2, 0.25) is 0 Å². The molecule has 9 aromatic carbocycles. The second-order valence-corrected chi connectivity index (χ2v) is 41.2. The molecule has 17 rings (SSSR count). The Morgan fingerprint density at radius 3 is 1.30 bits per heavy atom. The van der Waals surface area contributed by atoms with Gasteiger partial charge in [-0.05, 0) is 192 Å². The summed E-state index contributed by atoms with van der Waals surface area (Å²) in [6.45, 7) is 42.3. The fourth-order valence-corrected chi connectivity index (χ4v) is 20.2.